The van der Waals surface area contributed by atoms with Crippen molar-refractivity contribution >= 4 is 0 Å². The third-order valence-electron chi connectivity index (χ3n) is 3.84. The van der Waals surface area contributed by atoms with Crippen LogP contribution in [-0.4, -0.2) is 17.5 Å². The molecule has 1 fully saturated rings. The first-order chi connectivity index (χ1) is 8.07. The molecule has 1 aromatic rings. The van der Waals surface area contributed by atoms with Gasteiger partial charge in [0.15, 0.2) is 0 Å². The third kappa shape index (κ3) is 3.32. The molecule has 0 aliphatic carbocycles. The number of benzene rings is 1. The minimum atomic E-state index is 0.398. The minimum absolute atomic E-state index is 0.398. The number of nitrogens with zero attached hydrogens (tertiary/aromatic N) is 1. The van der Waals surface area contributed by atoms with Crippen LogP contribution in [0.4, 0.5) is 0 Å². The Kier molecular flexibility index (Phi) is 3.88. The topological polar surface area (TPSA) is 3.24 Å². The van der Waals surface area contributed by atoms with E-state index in [9.17, 15) is 0 Å². The standard InChI is InChI=1S/C16H25N/c1-16(2,3)15-11-7-8-12-17(15)13-14-9-5-4-6-10-14/h4-6,9-10,15H,7-8,11-13H2,1-3H3. The van der Waals surface area contributed by atoms with E-state index in [1.165, 1.54) is 31.4 Å². The van der Waals surface area contributed by atoms with Crippen molar-refractivity contribution in [1.29, 1.82) is 0 Å². The van der Waals surface area contributed by atoms with E-state index in [1.807, 2.05) is 0 Å². The summed E-state index contributed by atoms with van der Waals surface area (Å²) in [5.74, 6) is 0. The Bertz CT molecular complexity index is 336. The highest BCUT2D eigenvalue weighted by atomic mass is 15.2. The number of hydrogen-bond acceptors (Lipinski definition) is 1. The van der Waals surface area contributed by atoms with Crippen molar-refractivity contribution in [2.75, 3.05) is 6.54 Å². The van der Waals surface area contributed by atoms with Gasteiger partial charge in [-0.05, 0) is 30.4 Å². The highest BCUT2D eigenvalue weighted by Gasteiger charge is 2.31. The first-order valence-corrected chi connectivity index (χ1v) is 6.85. The van der Waals surface area contributed by atoms with Crippen molar-refractivity contribution in [2.45, 2.75) is 52.6 Å². The fourth-order valence-electron chi connectivity index (χ4n) is 2.98. The van der Waals surface area contributed by atoms with Crippen molar-refractivity contribution in [3.8, 4) is 0 Å². The van der Waals surface area contributed by atoms with Gasteiger partial charge >= 0.3 is 0 Å². The molecule has 2 rings (SSSR count). The fraction of sp³-hybridized carbons (Fsp3) is 0.625. The summed E-state index contributed by atoms with van der Waals surface area (Å²) in [7, 11) is 0. The van der Waals surface area contributed by atoms with Gasteiger partial charge in [0, 0.05) is 12.6 Å². The van der Waals surface area contributed by atoms with E-state index in [1.54, 1.807) is 0 Å². The summed E-state index contributed by atoms with van der Waals surface area (Å²) in [4.78, 5) is 2.68. The quantitative estimate of drug-likeness (QED) is 0.741. The summed E-state index contributed by atoms with van der Waals surface area (Å²) in [6.45, 7) is 9.50. The average molecular weight is 231 g/mol. The first kappa shape index (κ1) is 12.6. The van der Waals surface area contributed by atoms with Crippen molar-refractivity contribution in [2.24, 2.45) is 5.41 Å². The molecule has 0 aromatic heterocycles. The molecule has 0 spiro atoms. The van der Waals surface area contributed by atoms with Gasteiger partial charge in [-0.25, -0.2) is 0 Å². The van der Waals surface area contributed by atoms with Crippen molar-refractivity contribution in [3.63, 3.8) is 0 Å². The Morgan fingerprint density at radius 2 is 1.82 bits per heavy atom. The predicted octanol–water partition coefficient (Wildman–Crippen LogP) is 4.09. The van der Waals surface area contributed by atoms with E-state index in [2.05, 4.69) is 56.0 Å². The molecule has 1 aliphatic rings. The maximum Gasteiger partial charge on any atom is 0.0236 e. The zero-order valence-electron chi connectivity index (χ0n) is 11.4. The zero-order chi connectivity index (χ0) is 12.3. The van der Waals surface area contributed by atoms with Crippen LogP contribution in [0.1, 0.15) is 45.6 Å². The molecular formula is C16H25N. The molecule has 1 atom stereocenters. The highest BCUT2D eigenvalue weighted by Crippen LogP contribution is 2.32. The second-order valence-electron chi connectivity index (χ2n) is 6.33. The Labute approximate surface area is 106 Å². The van der Waals surface area contributed by atoms with Gasteiger partial charge in [0.25, 0.3) is 0 Å². The van der Waals surface area contributed by atoms with Crippen LogP contribution in [0.2, 0.25) is 0 Å². The van der Waals surface area contributed by atoms with Gasteiger partial charge in [0.2, 0.25) is 0 Å². The molecule has 1 aliphatic heterocycles. The molecule has 0 saturated carbocycles. The van der Waals surface area contributed by atoms with Gasteiger partial charge < -0.3 is 0 Å². The molecule has 94 valence electrons. The summed E-state index contributed by atoms with van der Waals surface area (Å²) in [5.41, 5.74) is 1.85. The van der Waals surface area contributed by atoms with E-state index in [0.717, 1.165) is 12.6 Å². The third-order valence-corrected chi connectivity index (χ3v) is 3.84. The predicted molar refractivity (Wildman–Crippen MR) is 73.9 cm³/mol. The van der Waals surface area contributed by atoms with E-state index < -0.39 is 0 Å². The van der Waals surface area contributed by atoms with Gasteiger partial charge in [0.1, 0.15) is 0 Å². The molecule has 0 amide bonds. The Morgan fingerprint density at radius 1 is 1.12 bits per heavy atom. The second kappa shape index (κ2) is 5.22. The lowest BCUT2D eigenvalue weighted by molar-refractivity contribution is 0.0574. The largest absolute Gasteiger partial charge is 0.296 e. The average Bonchev–Trinajstić information content (AvgIpc) is 2.30. The molecule has 17 heavy (non-hydrogen) atoms. The van der Waals surface area contributed by atoms with Crippen molar-refractivity contribution in [1.82, 2.24) is 4.90 Å². The monoisotopic (exact) mass is 231 g/mol. The number of hydrogen-bond donors (Lipinski definition) is 0. The SMILES string of the molecule is CC(C)(C)C1CCCCN1Cc1ccccc1. The van der Waals surface area contributed by atoms with Crippen LogP contribution in [0.5, 0.6) is 0 Å². The molecule has 1 nitrogen and oxygen atoms in total. The van der Waals surface area contributed by atoms with Crippen LogP contribution >= 0.6 is 0 Å². The van der Waals surface area contributed by atoms with Crippen LogP contribution in [0, 0.1) is 5.41 Å². The summed E-state index contributed by atoms with van der Waals surface area (Å²) in [5, 5.41) is 0. The molecule has 1 saturated heterocycles. The number of piperidine rings is 1. The molecular weight excluding hydrogens is 206 g/mol. The van der Waals surface area contributed by atoms with Gasteiger partial charge in [-0.1, -0.05) is 57.5 Å². The molecule has 0 N–H and O–H groups in total. The van der Waals surface area contributed by atoms with E-state index in [0.29, 0.717) is 5.41 Å². The smallest absolute Gasteiger partial charge is 0.0236 e. The van der Waals surface area contributed by atoms with Crippen molar-refractivity contribution < 1.29 is 0 Å². The summed E-state index contributed by atoms with van der Waals surface area (Å²) in [6.07, 6.45) is 4.11. The Hall–Kier alpha value is -0.820. The zero-order valence-corrected chi connectivity index (χ0v) is 11.4. The highest BCUT2D eigenvalue weighted by molar-refractivity contribution is 5.14. The second-order valence-corrected chi connectivity index (χ2v) is 6.33. The first-order valence-electron chi connectivity index (χ1n) is 6.85. The van der Waals surface area contributed by atoms with Crippen LogP contribution in [-0.2, 0) is 6.54 Å². The molecule has 1 heterocycles. The van der Waals surface area contributed by atoms with E-state index in [4.69, 9.17) is 0 Å². The molecule has 0 radical (unpaired) electrons. The van der Waals surface area contributed by atoms with E-state index in [-0.39, 0.29) is 0 Å². The lowest BCUT2D eigenvalue weighted by Gasteiger charge is -2.43. The lowest BCUT2D eigenvalue weighted by Crippen LogP contribution is -2.46. The Morgan fingerprint density at radius 3 is 2.47 bits per heavy atom. The van der Waals surface area contributed by atoms with E-state index >= 15 is 0 Å². The lowest BCUT2D eigenvalue weighted by atomic mass is 9.80. The van der Waals surface area contributed by atoms with Crippen LogP contribution in [0.15, 0.2) is 30.3 Å². The summed E-state index contributed by atoms with van der Waals surface area (Å²) >= 11 is 0. The molecule has 0 bridgehead atoms. The normalized spacial score (nSPS) is 22.6. The Balaban J connectivity index is 2.07. The number of likely N-dealkylation sites (tertiary alicyclic amines) is 1. The van der Waals surface area contributed by atoms with Gasteiger partial charge in [-0.3, -0.25) is 4.90 Å². The maximum absolute atomic E-state index is 2.68. The van der Waals surface area contributed by atoms with Gasteiger partial charge in [-0.15, -0.1) is 0 Å². The molecule has 1 aromatic carbocycles. The summed E-state index contributed by atoms with van der Waals surface area (Å²) < 4.78 is 0. The number of rotatable bonds is 2. The van der Waals surface area contributed by atoms with Gasteiger partial charge in [-0.2, -0.15) is 0 Å². The van der Waals surface area contributed by atoms with Crippen molar-refractivity contribution in [3.05, 3.63) is 35.9 Å². The van der Waals surface area contributed by atoms with Crippen LogP contribution in [0.25, 0.3) is 0 Å². The molecule has 1 heteroatoms. The molecule has 1 unspecified atom stereocenters. The van der Waals surface area contributed by atoms with Crippen LogP contribution in [0.3, 0.4) is 0 Å². The fourth-order valence-corrected chi connectivity index (χ4v) is 2.98. The minimum Gasteiger partial charge on any atom is -0.296 e. The maximum atomic E-state index is 2.68. The van der Waals surface area contributed by atoms with Crippen LogP contribution < -0.4 is 0 Å². The van der Waals surface area contributed by atoms with Gasteiger partial charge in [0.05, 0.1) is 0 Å². The summed E-state index contributed by atoms with van der Waals surface area (Å²) in [6, 6.07) is 11.6.